The summed E-state index contributed by atoms with van der Waals surface area (Å²) in [5.41, 5.74) is 3.60. The number of benzene rings is 2. The fourth-order valence-electron chi connectivity index (χ4n) is 4.94. The molecule has 4 aliphatic heterocycles. The third kappa shape index (κ3) is 3.12. The standard InChI is InChI=1S/C22H23ClN4/c23-20-8-6-17(7-9-20)12-24-25-21-18-13-26-10-11-27(14-18)16-22(21,15-26)19-4-2-1-3-5-19/h1-9,12,18H,10-11,13-16H2/b24-12-,25-21-. The molecule has 2 unspecified atom stereocenters. The Bertz CT molecular complexity index is 859. The van der Waals surface area contributed by atoms with Crippen LogP contribution in [0, 0.1) is 5.92 Å². The Kier molecular flexibility index (Phi) is 4.35. The lowest BCUT2D eigenvalue weighted by atomic mass is 9.66. The molecule has 2 aromatic carbocycles. The molecular weight excluding hydrogens is 356 g/mol. The summed E-state index contributed by atoms with van der Waals surface area (Å²) in [4.78, 5) is 5.24. The monoisotopic (exact) mass is 378 g/mol. The number of hydrogen-bond donors (Lipinski definition) is 0. The Balaban J connectivity index is 1.54. The van der Waals surface area contributed by atoms with E-state index < -0.39 is 0 Å². The number of rotatable bonds is 3. The van der Waals surface area contributed by atoms with Crippen molar-refractivity contribution in [2.75, 3.05) is 39.3 Å². The third-order valence-corrected chi connectivity index (χ3v) is 6.37. The zero-order valence-electron chi connectivity index (χ0n) is 15.3. The predicted molar refractivity (Wildman–Crippen MR) is 111 cm³/mol. The first kappa shape index (κ1) is 17.1. The molecule has 0 spiro atoms. The quantitative estimate of drug-likeness (QED) is 0.606. The second kappa shape index (κ2) is 6.86. The highest BCUT2D eigenvalue weighted by Crippen LogP contribution is 2.41. The van der Waals surface area contributed by atoms with Crippen LogP contribution in [0.2, 0.25) is 5.02 Å². The van der Waals surface area contributed by atoms with Crippen LogP contribution < -0.4 is 0 Å². The Hall–Kier alpha value is -2.01. The average Bonchev–Trinajstić information content (AvgIpc) is 2.94. The number of fused-ring (bicyclic) bond motifs is 1. The summed E-state index contributed by atoms with van der Waals surface area (Å²) in [6, 6.07) is 18.6. The molecule has 4 aliphatic rings. The van der Waals surface area contributed by atoms with E-state index in [2.05, 4.69) is 45.2 Å². The second-order valence-electron chi connectivity index (χ2n) is 7.90. The van der Waals surface area contributed by atoms with E-state index in [9.17, 15) is 0 Å². The van der Waals surface area contributed by atoms with Crippen molar-refractivity contribution >= 4 is 23.5 Å². The van der Waals surface area contributed by atoms with Gasteiger partial charge in [0.1, 0.15) is 0 Å². The smallest absolute Gasteiger partial charge is 0.0612 e. The molecule has 2 aromatic rings. The third-order valence-electron chi connectivity index (χ3n) is 6.12. The van der Waals surface area contributed by atoms with Gasteiger partial charge >= 0.3 is 0 Å². The summed E-state index contributed by atoms with van der Waals surface area (Å²) in [6.07, 6.45) is 1.83. The topological polar surface area (TPSA) is 31.2 Å². The maximum atomic E-state index is 5.97. The molecule has 0 N–H and O–H groups in total. The molecule has 4 nitrogen and oxygen atoms in total. The van der Waals surface area contributed by atoms with Crippen molar-refractivity contribution in [3.8, 4) is 0 Å². The second-order valence-corrected chi connectivity index (χ2v) is 8.33. The van der Waals surface area contributed by atoms with Crippen LogP contribution in [0.3, 0.4) is 0 Å². The van der Waals surface area contributed by atoms with E-state index >= 15 is 0 Å². The largest absolute Gasteiger partial charge is 0.300 e. The average molecular weight is 379 g/mol. The molecular formula is C22H23ClN4. The van der Waals surface area contributed by atoms with Crippen LogP contribution in [-0.2, 0) is 5.41 Å². The van der Waals surface area contributed by atoms with Crippen LogP contribution in [0.5, 0.6) is 0 Å². The van der Waals surface area contributed by atoms with Crippen LogP contribution in [-0.4, -0.2) is 61.0 Å². The number of hydrogen-bond acceptors (Lipinski definition) is 4. The van der Waals surface area contributed by atoms with Gasteiger partial charge in [-0.3, -0.25) is 0 Å². The predicted octanol–water partition coefficient (Wildman–Crippen LogP) is 3.31. The molecule has 4 heterocycles. The van der Waals surface area contributed by atoms with Gasteiger partial charge in [-0.25, -0.2) is 0 Å². The minimum absolute atomic E-state index is 0.0454. The van der Waals surface area contributed by atoms with Crippen molar-refractivity contribution in [3.63, 3.8) is 0 Å². The van der Waals surface area contributed by atoms with Crippen molar-refractivity contribution in [3.05, 3.63) is 70.7 Å². The van der Waals surface area contributed by atoms with E-state index in [1.165, 1.54) is 11.3 Å². The minimum atomic E-state index is -0.0454. The molecule has 2 atom stereocenters. The Labute approximate surface area is 165 Å². The van der Waals surface area contributed by atoms with Gasteiger partial charge in [-0.05, 0) is 23.3 Å². The molecule has 6 rings (SSSR count). The van der Waals surface area contributed by atoms with E-state index in [1.54, 1.807) is 0 Å². The maximum absolute atomic E-state index is 5.97. The molecule has 4 bridgehead atoms. The zero-order chi connectivity index (χ0) is 18.3. The van der Waals surface area contributed by atoms with Gasteiger partial charge < -0.3 is 9.80 Å². The first-order valence-electron chi connectivity index (χ1n) is 9.60. The molecule has 27 heavy (non-hydrogen) atoms. The molecule has 0 aliphatic carbocycles. The molecule has 0 aromatic heterocycles. The number of halogens is 1. The fraction of sp³-hybridized carbons (Fsp3) is 0.364. The highest BCUT2D eigenvalue weighted by molar-refractivity contribution is 6.30. The van der Waals surface area contributed by atoms with Crippen LogP contribution in [0.4, 0.5) is 0 Å². The minimum Gasteiger partial charge on any atom is -0.300 e. The Morgan fingerprint density at radius 1 is 0.926 bits per heavy atom. The normalized spacial score (nSPS) is 33.7. The Morgan fingerprint density at radius 2 is 1.59 bits per heavy atom. The van der Waals surface area contributed by atoms with Gasteiger partial charge in [0.05, 0.1) is 17.3 Å². The van der Waals surface area contributed by atoms with Crippen molar-refractivity contribution in [1.82, 2.24) is 9.80 Å². The maximum Gasteiger partial charge on any atom is 0.0612 e. The number of nitrogens with zero attached hydrogens (tertiary/aromatic N) is 4. The number of piperidine rings is 2. The van der Waals surface area contributed by atoms with Gasteiger partial charge in [-0.2, -0.15) is 10.2 Å². The van der Waals surface area contributed by atoms with Crippen LogP contribution >= 0.6 is 11.6 Å². The van der Waals surface area contributed by atoms with Crippen LogP contribution in [0.1, 0.15) is 11.1 Å². The van der Waals surface area contributed by atoms with E-state index in [1.807, 2.05) is 30.5 Å². The Morgan fingerprint density at radius 3 is 2.26 bits per heavy atom. The summed E-state index contributed by atoms with van der Waals surface area (Å²) >= 11 is 5.97. The zero-order valence-corrected chi connectivity index (χ0v) is 16.0. The highest BCUT2D eigenvalue weighted by atomic mass is 35.5. The lowest BCUT2D eigenvalue weighted by Gasteiger charge is -2.50. The van der Waals surface area contributed by atoms with Gasteiger partial charge in [0.25, 0.3) is 0 Å². The highest BCUT2D eigenvalue weighted by Gasteiger charge is 2.53. The molecule has 0 amide bonds. The first-order valence-corrected chi connectivity index (χ1v) is 9.98. The van der Waals surface area contributed by atoms with E-state index in [0.717, 1.165) is 49.9 Å². The van der Waals surface area contributed by atoms with Gasteiger partial charge in [-0.1, -0.05) is 54.1 Å². The SMILES string of the molecule is Clc1ccc(/C=N\N=C2\C3CN4CCN(C3)CC2(c2ccccc2)C4)cc1. The lowest BCUT2D eigenvalue weighted by Crippen LogP contribution is -2.63. The van der Waals surface area contributed by atoms with Gasteiger partial charge in [0, 0.05) is 50.2 Å². The van der Waals surface area contributed by atoms with Gasteiger partial charge in [0.2, 0.25) is 0 Å². The first-order chi connectivity index (χ1) is 13.2. The summed E-state index contributed by atoms with van der Waals surface area (Å²) in [5.74, 6) is 0.456. The van der Waals surface area contributed by atoms with Crippen molar-refractivity contribution < 1.29 is 0 Å². The molecule has 0 saturated carbocycles. The van der Waals surface area contributed by atoms with E-state index in [0.29, 0.717) is 5.92 Å². The fourth-order valence-corrected chi connectivity index (χ4v) is 5.07. The summed E-state index contributed by atoms with van der Waals surface area (Å²) in [7, 11) is 0. The summed E-state index contributed by atoms with van der Waals surface area (Å²) in [6.45, 7) is 6.60. The molecule has 138 valence electrons. The lowest BCUT2D eigenvalue weighted by molar-refractivity contribution is 0.164. The van der Waals surface area contributed by atoms with Crippen LogP contribution in [0.25, 0.3) is 0 Å². The molecule has 4 saturated heterocycles. The van der Waals surface area contributed by atoms with Crippen molar-refractivity contribution in [2.24, 2.45) is 16.1 Å². The van der Waals surface area contributed by atoms with E-state index in [-0.39, 0.29) is 5.41 Å². The van der Waals surface area contributed by atoms with Gasteiger partial charge in [-0.15, -0.1) is 0 Å². The molecule has 5 heteroatoms. The van der Waals surface area contributed by atoms with E-state index in [4.69, 9.17) is 16.7 Å². The van der Waals surface area contributed by atoms with Crippen LogP contribution in [0.15, 0.2) is 64.8 Å². The van der Waals surface area contributed by atoms with Crippen molar-refractivity contribution in [1.29, 1.82) is 0 Å². The van der Waals surface area contributed by atoms with Crippen molar-refractivity contribution in [2.45, 2.75) is 5.41 Å². The summed E-state index contributed by atoms with van der Waals surface area (Å²) in [5, 5.41) is 10.1. The summed E-state index contributed by atoms with van der Waals surface area (Å²) < 4.78 is 0. The molecule has 0 radical (unpaired) electrons. The molecule has 4 fully saturated rings. The van der Waals surface area contributed by atoms with Gasteiger partial charge in [0.15, 0.2) is 0 Å².